The molecule has 1 fully saturated rings. The molecule has 0 aliphatic carbocycles. The van der Waals surface area contributed by atoms with Gasteiger partial charge in [-0.3, -0.25) is 4.79 Å². The van der Waals surface area contributed by atoms with Crippen LogP contribution in [0.1, 0.15) is 26.2 Å². The highest BCUT2D eigenvalue weighted by atomic mass is 16.6. The quantitative estimate of drug-likeness (QED) is 0.648. The molecule has 106 valence electrons. The van der Waals surface area contributed by atoms with Crippen molar-refractivity contribution in [2.24, 2.45) is 0 Å². The van der Waals surface area contributed by atoms with E-state index in [9.17, 15) is 9.90 Å². The molecule has 1 aliphatic heterocycles. The van der Waals surface area contributed by atoms with Crippen molar-refractivity contribution >= 4 is 5.97 Å². The molecule has 18 heavy (non-hydrogen) atoms. The van der Waals surface area contributed by atoms with Crippen LogP contribution in [0.15, 0.2) is 0 Å². The standard InChI is InChI=1S/C12H22O6/c1-3-8(5-12(15)16-2)18-9-4-10(14)11(6-13)17-7-9/h8-11,13-14H,3-7H2,1-2H3. The summed E-state index contributed by atoms with van der Waals surface area (Å²) in [5.41, 5.74) is 0. The lowest BCUT2D eigenvalue weighted by molar-refractivity contribution is -0.170. The number of ether oxygens (including phenoxy) is 3. The molecule has 0 aromatic heterocycles. The van der Waals surface area contributed by atoms with Gasteiger partial charge in [0.2, 0.25) is 0 Å². The number of aliphatic hydroxyl groups is 2. The molecule has 0 aromatic rings. The summed E-state index contributed by atoms with van der Waals surface area (Å²) >= 11 is 0. The normalized spacial score (nSPS) is 29.9. The largest absolute Gasteiger partial charge is 0.469 e. The van der Waals surface area contributed by atoms with Gasteiger partial charge in [0.1, 0.15) is 6.10 Å². The van der Waals surface area contributed by atoms with E-state index in [0.717, 1.165) is 0 Å². The second-order valence-electron chi connectivity index (χ2n) is 4.43. The fourth-order valence-electron chi connectivity index (χ4n) is 1.93. The Morgan fingerprint density at radius 3 is 2.78 bits per heavy atom. The number of esters is 1. The summed E-state index contributed by atoms with van der Waals surface area (Å²) in [6, 6.07) is 0. The van der Waals surface area contributed by atoms with Gasteiger partial charge in [-0.2, -0.15) is 0 Å². The average molecular weight is 262 g/mol. The maximum Gasteiger partial charge on any atom is 0.308 e. The van der Waals surface area contributed by atoms with Crippen LogP contribution >= 0.6 is 0 Å². The van der Waals surface area contributed by atoms with Crippen LogP contribution in [0, 0.1) is 0 Å². The number of aliphatic hydroxyl groups excluding tert-OH is 2. The van der Waals surface area contributed by atoms with E-state index in [-0.39, 0.29) is 31.2 Å². The van der Waals surface area contributed by atoms with Crippen molar-refractivity contribution in [1.29, 1.82) is 0 Å². The first-order valence-electron chi connectivity index (χ1n) is 6.23. The van der Waals surface area contributed by atoms with Gasteiger partial charge in [0.05, 0.1) is 45.1 Å². The molecule has 0 spiro atoms. The van der Waals surface area contributed by atoms with Gasteiger partial charge in [-0.05, 0) is 6.42 Å². The van der Waals surface area contributed by atoms with Crippen LogP contribution in [0.4, 0.5) is 0 Å². The number of hydrogen-bond acceptors (Lipinski definition) is 6. The number of hydrogen-bond donors (Lipinski definition) is 2. The molecule has 0 amide bonds. The lowest BCUT2D eigenvalue weighted by atomic mass is 10.0. The Hall–Kier alpha value is -0.690. The van der Waals surface area contributed by atoms with Crippen molar-refractivity contribution < 1.29 is 29.2 Å². The van der Waals surface area contributed by atoms with E-state index < -0.39 is 12.2 Å². The molecule has 2 N–H and O–H groups in total. The van der Waals surface area contributed by atoms with E-state index in [1.165, 1.54) is 7.11 Å². The summed E-state index contributed by atoms with van der Waals surface area (Å²) in [6.07, 6.45) is -0.465. The molecule has 4 unspecified atom stereocenters. The van der Waals surface area contributed by atoms with E-state index in [0.29, 0.717) is 19.4 Å². The number of rotatable bonds is 6. The number of methoxy groups -OCH3 is 1. The van der Waals surface area contributed by atoms with Crippen LogP contribution < -0.4 is 0 Å². The van der Waals surface area contributed by atoms with Gasteiger partial charge in [0.15, 0.2) is 0 Å². The van der Waals surface area contributed by atoms with Crippen LogP contribution in [0.3, 0.4) is 0 Å². The van der Waals surface area contributed by atoms with Gasteiger partial charge < -0.3 is 24.4 Å². The van der Waals surface area contributed by atoms with Crippen LogP contribution in [-0.4, -0.2) is 60.9 Å². The Bertz CT molecular complexity index is 257. The highest BCUT2D eigenvalue weighted by molar-refractivity contribution is 5.69. The summed E-state index contributed by atoms with van der Waals surface area (Å²) in [4.78, 5) is 11.2. The minimum Gasteiger partial charge on any atom is -0.469 e. The van der Waals surface area contributed by atoms with Crippen molar-refractivity contribution in [3.8, 4) is 0 Å². The smallest absolute Gasteiger partial charge is 0.308 e. The minimum absolute atomic E-state index is 0.197. The molecule has 0 bridgehead atoms. The first kappa shape index (κ1) is 15.4. The summed E-state index contributed by atoms with van der Waals surface area (Å²) in [6.45, 7) is 2.04. The fourth-order valence-corrected chi connectivity index (χ4v) is 1.93. The monoisotopic (exact) mass is 262 g/mol. The topological polar surface area (TPSA) is 85.2 Å². The Morgan fingerprint density at radius 2 is 2.28 bits per heavy atom. The molecule has 1 aliphatic rings. The SMILES string of the molecule is CCC(CC(=O)OC)OC1COC(CO)C(O)C1. The second kappa shape index (κ2) is 7.68. The van der Waals surface area contributed by atoms with Gasteiger partial charge in [0.25, 0.3) is 0 Å². The molecular formula is C12H22O6. The molecule has 0 saturated carbocycles. The predicted octanol–water partition coefficient (Wildman–Crippen LogP) is -0.145. The van der Waals surface area contributed by atoms with Crippen molar-refractivity contribution in [3.63, 3.8) is 0 Å². The molecule has 1 heterocycles. The first-order valence-corrected chi connectivity index (χ1v) is 6.23. The molecule has 0 aromatic carbocycles. The number of carbonyl (C=O) groups is 1. The minimum atomic E-state index is -0.732. The third-order valence-electron chi connectivity index (χ3n) is 3.07. The third kappa shape index (κ3) is 4.53. The Morgan fingerprint density at radius 1 is 1.56 bits per heavy atom. The van der Waals surface area contributed by atoms with Crippen molar-refractivity contribution in [2.45, 2.75) is 50.6 Å². The summed E-state index contributed by atoms with van der Waals surface area (Å²) in [7, 11) is 1.34. The summed E-state index contributed by atoms with van der Waals surface area (Å²) < 4.78 is 15.6. The molecule has 1 saturated heterocycles. The molecule has 4 atom stereocenters. The summed E-state index contributed by atoms with van der Waals surface area (Å²) in [5, 5.41) is 18.6. The van der Waals surface area contributed by atoms with Gasteiger partial charge in [0, 0.05) is 6.42 Å². The van der Waals surface area contributed by atoms with Gasteiger partial charge in [-0.25, -0.2) is 0 Å². The van der Waals surface area contributed by atoms with Crippen LogP contribution in [0.2, 0.25) is 0 Å². The lowest BCUT2D eigenvalue weighted by Crippen LogP contribution is -2.45. The average Bonchev–Trinajstić information content (AvgIpc) is 2.38. The Kier molecular flexibility index (Phi) is 6.56. The second-order valence-corrected chi connectivity index (χ2v) is 4.43. The Labute approximate surface area is 107 Å². The highest BCUT2D eigenvalue weighted by Crippen LogP contribution is 2.19. The molecule has 6 nitrogen and oxygen atoms in total. The zero-order valence-electron chi connectivity index (χ0n) is 10.9. The maximum absolute atomic E-state index is 11.2. The zero-order valence-corrected chi connectivity index (χ0v) is 10.9. The van der Waals surface area contributed by atoms with Gasteiger partial charge in [-0.15, -0.1) is 0 Å². The van der Waals surface area contributed by atoms with Crippen molar-refractivity contribution in [2.75, 3.05) is 20.3 Å². The van der Waals surface area contributed by atoms with E-state index in [2.05, 4.69) is 4.74 Å². The first-order chi connectivity index (χ1) is 8.60. The van der Waals surface area contributed by atoms with E-state index in [1.807, 2.05) is 6.92 Å². The molecule has 6 heteroatoms. The van der Waals surface area contributed by atoms with E-state index in [1.54, 1.807) is 0 Å². The van der Waals surface area contributed by atoms with Gasteiger partial charge >= 0.3 is 5.97 Å². The Balaban J connectivity index is 2.39. The van der Waals surface area contributed by atoms with Gasteiger partial charge in [-0.1, -0.05) is 6.92 Å². The highest BCUT2D eigenvalue weighted by Gasteiger charge is 2.31. The molecule has 0 radical (unpaired) electrons. The van der Waals surface area contributed by atoms with Crippen molar-refractivity contribution in [3.05, 3.63) is 0 Å². The van der Waals surface area contributed by atoms with Crippen LogP contribution in [0.25, 0.3) is 0 Å². The fraction of sp³-hybridized carbons (Fsp3) is 0.917. The zero-order chi connectivity index (χ0) is 13.5. The maximum atomic E-state index is 11.2. The van der Waals surface area contributed by atoms with Crippen LogP contribution in [-0.2, 0) is 19.0 Å². The lowest BCUT2D eigenvalue weighted by Gasteiger charge is -2.34. The van der Waals surface area contributed by atoms with Crippen LogP contribution in [0.5, 0.6) is 0 Å². The predicted molar refractivity (Wildman–Crippen MR) is 63.0 cm³/mol. The molecule has 1 rings (SSSR count). The third-order valence-corrected chi connectivity index (χ3v) is 3.07. The molecular weight excluding hydrogens is 240 g/mol. The summed E-state index contributed by atoms with van der Waals surface area (Å²) in [5.74, 6) is -0.313. The van der Waals surface area contributed by atoms with Crippen molar-refractivity contribution in [1.82, 2.24) is 0 Å². The van der Waals surface area contributed by atoms with E-state index >= 15 is 0 Å². The van der Waals surface area contributed by atoms with E-state index in [4.69, 9.17) is 14.6 Å². The number of carbonyl (C=O) groups excluding carboxylic acids is 1.